The number of thioether (sulfide) groups is 1. The van der Waals surface area contributed by atoms with Crippen molar-refractivity contribution in [3.8, 4) is 5.75 Å². The standard InChI is InChI=1S/C13H16N2OS/c1-2-17-9-8-16-12-6-5-11(14)13-10(12)4-3-7-15-13/h3-7H,2,8-9,14H2,1H3. The molecule has 90 valence electrons. The number of fused-ring (bicyclic) bond motifs is 1. The van der Waals surface area contributed by atoms with Gasteiger partial charge in [0.05, 0.1) is 17.8 Å². The number of nitrogens with zero attached hydrogens (tertiary/aromatic N) is 1. The highest BCUT2D eigenvalue weighted by molar-refractivity contribution is 7.99. The van der Waals surface area contributed by atoms with Gasteiger partial charge in [0.25, 0.3) is 0 Å². The fourth-order valence-corrected chi connectivity index (χ4v) is 2.14. The lowest BCUT2D eigenvalue weighted by molar-refractivity contribution is 0.348. The molecule has 0 aliphatic rings. The van der Waals surface area contributed by atoms with Crippen molar-refractivity contribution in [1.29, 1.82) is 0 Å². The van der Waals surface area contributed by atoms with Crippen LogP contribution in [0, 0.1) is 0 Å². The zero-order valence-corrected chi connectivity index (χ0v) is 10.7. The van der Waals surface area contributed by atoms with Gasteiger partial charge in [0.2, 0.25) is 0 Å². The Balaban J connectivity index is 2.20. The summed E-state index contributed by atoms with van der Waals surface area (Å²) < 4.78 is 5.76. The minimum Gasteiger partial charge on any atom is -0.492 e. The van der Waals surface area contributed by atoms with Crippen LogP contribution in [0.5, 0.6) is 5.75 Å². The van der Waals surface area contributed by atoms with Crippen LogP contribution in [-0.4, -0.2) is 23.1 Å². The average Bonchev–Trinajstić information content (AvgIpc) is 2.37. The van der Waals surface area contributed by atoms with Gasteiger partial charge in [-0.05, 0) is 30.0 Å². The van der Waals surface area contributed by atoms with E-state index in [1.54, 1.807) is 6.20 Å². The molecular weight excluding hydrogens is 232 g/mol. The SMILES string of the molecule is CCSCCOc1ccc(N)c2ncccc12. The summed E-state index contributed by atoms with van der Waals surface area (Å²) in [5.74, 6) is 2.98. The van der Waals surface area contributed by atoms with Crippen molar-refractivity contribution in [2.75, 3.05) is 23.8 Å². The summed E-state index contributed by atoms with van der Waals surface area (Å²) in [5.41, 5.74) is 7.38. The van der Waals surface area contributed by atoms with Crippen molar-refractivity contribution in [2.24, 2.45) is 0 Å². The van der Waals surface area contributed by atoms with Gasteiger partial charge in [-0.15, -0.1) is 0 Å². The van der Waals surface area contributed by atoms with Gasteiger partial charge in [-0.3, -0.25) is 4.98 Å². The van der Waals surface area contributed by atoms with Gasteiger partial charge in [-0.25, -0.2) is 0 Å². The van der Waals surface area contributed by atoms with Gasteiger partial charge in [0, 0.05) is 17.3 Å². The van der Waals surface area contributed by atoms with Gasteiger partial charge in [-0.1, -0.05) is 6.92 Å². The molecule has 0 amide bonds. The summed E-state index contributed by atoms with van der Waals surface area (Å²) in [6, 6.07) is 7.64. The van der Waals surface area contributed by atoms with E-state index < -0.39 is 0 Å². The number of aromatic nitrogens is 1. The number of pyridine rings is 1. The van der Waals surface area contributed by atoms with Crippen LogP contribution in [0.1, 0.15) is 6.92 Å². The van der Waals surface area contributed by atoms with Crippen LogP contribution < -0.4 is 10.5 Å². The van der Waals surface area contributed by atoms with E-state index in [0.29, 0.717) is 12.3 Å². The maximum absolute atomic E-state index is 5.88. The van der Waals surface area contributed by atoms with E-state index in [2.05, 4.69) is 11.9 Å². The molecular formula is C13H16N2OS. The monoisotopic (exact) mass is 248 g/mol. The Labute approximate surface area is 105 Å². The third kappa shape index (κ3) is 2.82. The van der Waals surface area contributed by atoms with Gasteiger partial charge in [0.1, 0.15) is 5.75 Å². The second-order valence-electron chi connectivity index (χ2n) is 3.60. The van der Waals surface area contributed by atoms with Crippen LogP contribution in [0.2, 0.25) is 0 Å². The quantitative estimate of drug-likeness (QED) is 0.653. The van der Waals surface area contributed by atoms with Crippen molar-refractivity contribution < 1.29 is 4.74 Å². The molecule has 0 aliphatic carbocycles. The second kappa shape index (κ2) is 5.77. The van der Waals surface area contributed by atoms with Crippen molar-refractivity contribution in [1.82, 2.24) is 4.98 Å². The molecule has 0 spiro atoms. The highest BCUT2D eigenvalue weighted by Crippen LogP contribution is 2.28. The molecule has 1 aromatic heterocycles. The van der Waals surface area contributed by atoms with E-state index in [4.69, 9.17) is 10.5 Å². The zero-order chi connectivity index (χ0) is 12.1. The average molecular weight is 248 g/mol. The van der Waals surface area contributed by atoms with Crippen LogP contribution in [0.25, 0.3) is 10.9 Å². The fraction of sp³-hybridized carbons (Fsp3) is 0.308. The van der Waals surface area contributed by atoms with Crippen LogP contribution in [0.3, 0.4) is 0 Å². The summed E-state index contributed by atoms with van der Waals surface area (Å²) in [5, 5.41) is 0.981. The highest BCUT2D eigenvalue weighted by Gasteiger charge is 2.05. The van der Waals surface area contributed by atoms with Gasteiger partial charge >= 0.3 is 0 Å². The molecule has 2 rings (SSSR count). The normalized spacial score (nSPS) is 10.6. The first kappa shape index (κ1) is 12.0. The lowest BCUT2D eigenvalue weighted by Gasteiger charge is -2.09. The Kier molecular flexibility index (Phi) is 4.09. The van der Waals surface area contributed by atoms with Gasteiger partial charge < -0.3 is 10.5 Å². The first-order valence-corrected chi connectivity index (χ1v) is 6.82. The topological polar surface area (TPSA) is 48.1 Å². The lowest BCUT2D eigenvalue weighted by Crippen LogP contribution is -2.01. The molecule has 0 atom stereocenters. The molecule has 0 saturated carbocycles. The van der Waals surface area contributed by atoms with Crippen LogP contribution >= 0.6 is 11.8 Å². The highest BCUT2D eigenvalue weighted by atomic mass is 32.2. The first-order chi connectivity index (χ1) is 8.33. The van der Waals surface area contributed by atoms with Gasteiger partial charge in [-0.2, -0.15) is 11.8 Å². The Morgan fingerprint density at radius 2 is 2.24 bits per heavy atom. The molecule has 0 unspecified atom stereocenters. The fourth-order valence-electron chi connectivity index (χ4n) is 1.65. The molecule has 1 heterocycles. The molecule has 0 aliphatic heterocycles. The predicted octanol–water partition coefficient (Wildman–Crippen LogP) is 2.95. The maximum atomic E-state index is 5.88. The number of nitrogens with two attached hydrogens (primary N) is 1. The third-order valence-electron chi connectivity index (χ3n) is 2.45. The molecule has 3 nitrogen and oxygen atoms in total. The van der Waals surface area contributed by atoms with E-state index >= 15 is 0 Å². The molecule has 0 fully saturated rings. The van der Waals surface area contributed by atoms with Gasteiger partial charge in [0.15, 0.2) is 0 Å². The predicted molar refractivity (Wildman–Crippen MR) is 74.6 cm³/mol. The molecule has 0 saturated heterocycles. The smallest absolute Gasteiger partial charge is 0.128 e. The Hall–Kier alpha value is -1.42. The number of hydrogen-bond donors (Lipinski definition) is 1. The summed E-state index contributed by atoms with van der Waals surface area (Å²) in [4.78, 5) is 4.28. The number of ether oxygens (including phenoxy) is 1. The van der Waals surface area contributed by atoms with E-state index in [9.17, 15) is 0 Å². The summed E-state index contributed by atoms with van der Waals surface area (Å²) in [6.07, 6.45) is 1.75. The van der Waals surface area contributed by atoms with Crippen LogP contribution in [0.15, 0.2) is 30.5 Å². The zero-order valence-electron chi connectivity index (χ0n) is 9.85. The lowest BCUT2D eigenvalue weighted by atomic mass is 10.2. The second-order valence-corrected chi connectivity index (χ2v) is 4.99. The molecule has 4 heteroatoms. The largest absolute Gasteiger partial charge is 0.492 e. The summed E-state index contributed by atoms with van der Waals surface area (Å²) >= 11 is 1.87. The minimum absolute atomic E-state index is 0.691. The molecule has 1 aromatic carbocycles. The van der Waals surface area contributed by atoms with Crippen LogP contribution in [0.4, 0.5) is 5.69 Å². The Bertz CT molecular complexity index is 502. The third-order valence-corrected chi connectivity index (χ3v) is 3.31. The van der Waals surface area contributed by atoms with Crippen LogP contribution in [-0.2, 0) is 0 Å². The van der Waals surface area contributed by atoms with E-state index in [-0.39, 0.29) is 0 Å². The number of nitrogen functional groups attached to an aromatic ring is 1. The van der Waals surface area contributed by atoms with Crippen molar-refractivity contribution in [3.63, 3.8) is 0 Å². The van der Waals surface area contributed by atoms with Crippen molar-refractivity contribution >= 4 is 28.4 Å². The van der Waals surface area contributed by atoms with Crippen molar-refractivity contribution in [2.45, 2.75) is 6.92 Å². The summed E-state index contributed by atoms with van der Waals surface area (Å²) in [6.45, 7) is 2.86. The number of rotatable bonds is 5. The molecule has 0 bridgehead atoms. The molecule has 2 N–H and O–H groups in total. The Morgan fingerprint density at radius 1 is 1.35 bits per heavy atom. The molecule has 17 heavy (non-hydrogen) atoms. The maximum Gasteiger partial charge on any atom is 0.128 e. The number of hydrogen-bond acceptors (Lipinski definition) is 4. The van der Waals surface area contributed by atoms with Crippen molar-refractivity contribution in [3.05, 3.63) is 30.5 Å². The molecule has 2 aromatic rings. The van der Waals surface area contributed by atoms with E-state index in [1.807, 2.05) is 36.0 Å². The van der Waals surface area contributed by atoms with E-state index in [0.717, 1.165) is 28.2 Å². The molecule has 0 radical (unpaired) electrons. The Morgan fingerprint density at radius 3 is 3.06 bits per heavy atom. The summed E-state index contributed by atoms with van der Waals surface area (Å²) in [7, 11) is 0. The number of benzene rings is 1. The van der Waals surface area contributed by atoms with E-state index in [1.165, 1.54) is 0 Å². The first-order valence-electron chi connectivity index (χ1n) is 5.66. The number of anilines is 1. The minimum atomic E-state index is 0.691.